The molecule has 0 aliphatic carbocycles. The van der Waals surface area contributed by atoms with Gasteiger partial charge in [0.15, 0.2) is 29.0 Å². The number of anilines is 1. The van der Waals surface area contributed by atoms with Gasteiger partial charge in [-0.25, -0.2) is 19.7 Å². The number of carbonyl (C=O) groups is 1. The molecule has 4 heterocycles. The maximum Gasteiger partial charge on any atom is 0.315 e. The van der Waals surface area contributed by atoms with Crippen molar-refractivity contribution in [3.8, 4) is 0 Å². The highest BCUT2D eigenvalue weighted by atomic mass is 16.6. The summed E-state index contributed by atoms with van der Waals surface area (Å²) in [5.41, 5.74) is 4.35. The van der Waals surface area contributed by atoms with E-state index in [1.165, 1.54) is 16.5 Å². The number of benzene rings is 3. The van der Waals surface area contributed by atoms with E-state index in [1.54, 1.807) is 0 Å². The van der Waals surface area contributed by atoms with Crippen LogP contribution in [0, 0.1) is 5.92 Å². The highest BCUT2D eigenvalue weighted by Crippen LogP contribution is 2.33. The third-order valence-electron chi connectivity index (χ3n) is 10.1. The van der Waals surface area contributed by atoms with E-state index in [4.69, 9.17) is 14.7 Å². The standard InChI is InChI=1S/C39H46N8O5/c48-24-31-34(49)35(50)38(52-31)47-25-43-33-36(40-21-30(28-12-6-2-7-13-28)29-14-8-3-9-15-29)44-32(45-37(33)47)22-42-39(51)41-20-26-16-18-46(19-17-26)23-27-10-4-1-5-11-27/h1-15,25-26,30-31,34-35,38,48-50H,16-24H2,(H,40,44,45)(H2,41,42,51). The molecule has 13 nitrogen and oxygen atoms in total. The largest absolute Gasteiger partial charge is 0.394 e. The lowest BCUT2D eigenvalue weighted by Crippen LogP contribution is -2.41. The number of aliphatic hydroxyl groups is 3. The van der Waals surface area contributed by atoms with Crippen molar-refractivity contribution in [1.29, 1.82) is 0 Å². The SMILES string of the molecule is O=C(NCc1nc(NCC(c2ccccc2)c2ccccc2)c2ncn(C3OC(CO)C(O)C3O)c2n1)NCC1CCN(Cc2ccccc2)CC1. The summed E-state index contributed by atoms with van der Waals surface area (Å²) in [5.74, 6) is 1.16. The maximum atomic E-state index is 13.0. The first-order chi connectivity index (χ1) is 25.5. The molecule has 2 aliphatic rings. The zero-order valence-corrected chi connectivity index (χ0v) is 29.0. The summed E-state index contributed by atoms with van der Waals surface area (Å²) >= 11 is 0. The number of urea groups is 1. The molecule has 272 valence electrons. The van der Waals surface area contributed by atoms with E-state index >= 15 is 0 Å². The molecule has 6 N–H and O–H groups in total. The molecule has 13 heteroatoms. The highest BCUT2D eigenvalue weighted by molar-refractivity contribution is 5.83. The van der Waals surface area contributed by atoms with Gasteiger partial charge in [0.1, 0.15) is 18.3 Å². The lowest BCUT2D eigenvalue weighted by molar-refractivity contribution is -0.0511. The zero-order chi connectivity index (χ0) is 35.9. The summed E-state index contributed by atoms with van der Waals surface area (Å²) in [7, 11) is 0. The molecule has 0 saturated carbocycles. The fraction of sp³-hybridized carbons (Fsp3) is 0.385. The predicted molar refractivity (Wildman–Crippen MR) is 196 cm³/mol. The van der Waals surface area contributed by atoms with Crippen LogP contribution in [0.1, 0.15) is 47.5 Å². The van der Waals surface area contributed by atoms with Crippen LogP contribution in [-0.4, -0.2) is 96.9 Å². The number of nitrogens with one attached hydrogen (secondary N) is 3. The number of hydrogen-bond acceptors (Lipinski definition) is 10. The lowest BCUT2D eigenvalue weighted by atomic mass is 9.91. The summed E-state index contributed by atoms with van der Waals surface area (Å²) in [6.07, 6.45) is -1.10. The fourth-order valence-electron chi connectivity index (χ4n) is 7.11. The summed E-state index contributed by atoms with van der Waals surface area (Å²) in [6.45, 7) is 3.56. The third kappa shape index (κ3) is 8.24. The average Bonchev–Trinajstić information content (AvgIpc) is 3.74. The van der Waals surface area contributed by atoms with E-state index in [0.29, 0.717) is 41.8 Å². The van der Waals surface area contributed by atoms with Gasteiger partial charge in [0.25, 0.3) is 0 Å². The van der Waals surface area contributed by atoms with Gasteiger partial charge in [-0.1, -0.05) is 91.0 Å². The van der Waals surface area contributed by atoms with E-state index in [2.05, 4.69) is 74.4 Å². The Morgan fingerprint density at radius 1 is 0.865 bits per heavy atom. The highest BCUT2D eigenvalue weighted by Gasteiger charge is 2.44. The molecule has 4 unspecified atom stereocenters. The van der Waals surface area contributed by atoms with Crippen molar-refractivity contribution in [2.24, 2.45) is 5.92 Å². The number of nitrogens with zero attached hydrogens (tertiary/aromatic N) is 5. The Kier molecular flexibility index (Phi) is 11.3. The summed E-state index contributed by atoms with van der Waals surface area (Å²) in [6, 6.07) is 30.6. The smallest absolute Gasteiger partial charge is 0.315 e. The Hall–Kier alpha value is -4.92. The molecule has 3 aromatic carbocycles. The van der Waals surface area contributed by atoms with Crippen LogP contribution in [-0.2, 0) is 17.8 Å². The van der Waals surface area contributed by atoms with Crippen LogP contribution in [0.4, 0.5) is 10.6 Å². The molecule has 2 fully saturated rings. The summed E-state index contributed by atoms with van der Waals surface area (Å²) < 4.78 is 7.35. The third-order valence-corrected chi connectivity index (χ3v) is 10.1. The monoisotopic (exact) mass is 706 g/mol. The second-order valence-electron chi connectivity index (χ2n) is 13.6. The molecule has 7 rings (SSSR count). The van der Waals surface area contributed by atoms with Gasteiger partial charge < -0.3 is 36.0 Å². The van der Waals surface area contributed by atoms with Gasteiger partial charge in [0.05, 0.1) is 19.5 Å². The Balaban J connectivity index is 1.05. The van der Waals surface area contributed by atoms with Crippen LogP contribution < -0.4 is 16.0 Å². The van der Waals surface area contributed by atoms with Crippen molar-refractivity contribution < 1.29 is 24.9 Å². The molecule has 2 aliphatic heterocycles. The van der Waals surface area contributed by atoms with Gasteiger partial charge in [-0.2, -0.15) is 0 Å². The lowest BCUT2D eigenvalue weighted by Gasteiger charge is -2.32. The van der Waals surface area contributed by atoms with Crippen molar-refractivity contribution >= 4 is 23.0 Å². The molecular formula is C39H46N8O5. The quantitative estimate of drug-likeness (QED) is 0.107. The summed E-state index contributed by atoms with van der Waals surface area (Å²) in [5, 5.41) is 40.4. The number of aromatic nitrogens is 4. The number of carbonyl (C=O) groups excluding carboxylic acids is 1. The Labute approximate surface area is 302 Å². The molecule has 2 aromatic heterocycles. The predicted octanol–water partition coefficient (Wildman–Crippen LogP) is 3.39. The second kappa shape index (κ2) is 16.6. The van der Waals surface area contributed by atoms with Crippen LogP contribution in [0.3, 0.4) is 0 Å². The van der Waals surface area contributed by atoms with Gasteiger partial charge in [0, 0.05) is 25.6 Å². The number of rotatable bonds is 13. The first-order valence-electron chi connectivity index (χ1n) is 17.9. The number of ether oxygens (including phenoxy) is 1. The van der Waals surface area contributed by atoms with Crippen LogP contribution >= 0.6 is 0 Å². The van der Waals surface area contributed by atoms with Crippen LogP contribution in [0.15, 0.2) is 97.3 Å². The van der Waals surface area contributed by atoms with E-state index in [0.717, 1.165) is 43.6 Å². The molecule has 2 amide bonds. The minimum absolute atomic E-state index is 0.00694. The number of piperidine rings is 1. The molecule has 5 aromatic rings. The molecular weight excluding hydrogens is 660 g/mol. The van der Waals surface area contributed by atoms with Gasteiger partial charge in [0.2, 0.25) is 0 Å². The Morgan fingerprint density at radius 3 is 2.15 bits per heavy atom. The fourth-order valence-corrected chi connectivity index (χ4v) is 7.11. The van der Waals surface area contributed by atoms with E-state index in [-0.39, 0.29) is 18.5 Å². The van der Waals surface area contributed by atoms with Crippen molar-refractivity contribution in [2.45, 2.75) is 56.4 Å². The number of hydrogen-bond donors (Lipinski definition) is 6. The molecule has 0 spiro atoms. The molecule has 0 bridgehead atoms. The number of fused-ring (bicyclic) bond motifs is 1. The van der Waals surface area contributed by atoms with Gasteiger partial charge in [-0.15, -0.1) is 0 Å². The van der Waals surface area contributed by atoms with Gasteiger partial charge >= 0.3 is 6.03 Å². The average molecular weight is 707 g/mol. The topological polar surface area (TPSA) is 170 Å². The summed E-state index contributed by atoms with van der Waals surface area (Å²) in [4.78, 5) is 29.5. The minimum Gasteiger partial charge on any atom is -0.394 e. The van der Waals surface area contributed by atoms with Gasteiger partial charge in [-0.3, -0.25) is 9.47 Å². The molecule has 4 atom stereocenters. The second-order valence-corrected chi connectivity index (χ2v) is 13.6. The van der Waals surface area contributed by atoms with E-state index < -0.39 is 31.1 Å². The first kappa shape index (κ1) is 35.5. The molecule has 2 saturated heterocycles. The number of aliphatic hydroxyl groups excluding tert-OH is 3. The van der Waals surface area contributed by atoms with E-state index in [9.17, 15) is 20.1 Å². The molecule has 52 heavy (non-hydrogen) atoms. The van der Waals surface area contributed by atoms with Crippen molar-refractivity contribution in [3.63, 3.8) is 0 Å². The number of imidazole rings is 1. The maximum absolute atomic E-state index is 13.0. The zero-order valence-electron chi connectivity index (χ0n) is 29.0. The van der Waals surface area contributed by atoms with Crippen LogP contribution in [0.5, 0.6) is 0 Å². The van der Waals surface area contributed by atoms with E-state index in [1.807, 2.05) is 42.5 Å². The first-order valence-corrected chi connectivity index (χ1v) is 17.9. The number of likely N-dealkylation sites (tertiary alicyclic amines) is 1. The Bertz CT molecular complexity index is 1850. The molecule has 0 radical (unpaired) electrons. The van der Waals surface area contributed by atoms with Crippen molar-refractivity contribution in [2.75, 3.05) is 38.1 Å². The Morgan fingerprint density at radius 2 is 1.52 bits per heavy atom. The van der Waals surface area contributed by atoms with Crippen LogP contribution in [0.25, 0.3) is 11.2 Å². The van der Waals surface area contributed by atoms with Gasteiger partial charge in [-0.05, 0) is 48.5 Å². The van der Waals surface area contributed by atoms with Crippen molar-refractivity contribution in [3.05, 3.63) is 120 Å². The number of amides is 2. The minimum atomic E-state index is -1.32. The van der Waals surface area contributed by atoms with Crippen LogP contribution in [0.2, 0.25) is 0 Å². The normalized spacial score (nSPS) is 21.1. The van der Waals surface area contributed by atoms with Crippen molar-refractivity contribution in [1.82, 2.24) is 35.1 Å².